The lowest BCUT2D eigenvalue weighted by Gasteiger charge is -2.28. The minimum Gasteiger partial charge on any atom is -0.377 e. The van der Waals surface area contributed by atoms with Gasteiger partial charge in [0.1, 0.15) is 0 Å². The summed E-state index contributed by atoms with van der Waals surface area (Å²) in [6, 6.07) is 21.2. The molecule has 0 heterocycles. The fraction of sp³-hybridized carbons (Fsp3) is 0.333. The number of rotatable bonds is 6. The van der Waals surface area contributed by atoms with Gasteiger partial charge < -0.3 is 10.1 Å². The zero-order valence-corrected chi connectivity index (χ0v) is 12.5. The van der Waals surface area contributed by atoms with Gasteiger partial charge in [0.05, 0.1) is 11.6 Å². The van der Waals surface area contributed by atoms with E-state index in [1.807, 2.05) is 12.1 Å². The molecule has 0 aliphatic heterocycles. The molecule has 0 spiro atoms. The maximum atomic E-state index is 5.50. The number of hydrogen-bond donors (Lipinski definition) is 1. The first-order valence-electron chi connectivity index (χ1n) is 7.01. The Balaban J connectivity index is 2.22. The second-order valence-electron chi connectivity index (χ2n) is 5.60. The lowest BCUT2D eigenvalue weighted by Crippen LogP contribution is -2.38. The monoisotopic (exact) mass is 269 g/mol. The molecular weight excluding hydrogens is 246 g/mol. The SMILES string of the molecule is COC(C)(C)CNC(c1ccccc1)c1ccccc1. The smallest absolute Gasteiger partial charge is 0.0746 e. The summed E-state index contributed by atoms with van der Waals surface area (Å²) >= 11 is 0. The van der Waals surface area contributed by atoms with Gasteiger partial charge in [0, 0.05) is 13.7 Å². The van der Waals surface area contributed by atoms with Gasteiger partial charge in [-0.15, -0.1) is 0 Å². The molecule has 20 heavy (non-hydrogen) atoms. The van der Waals surface area contributed by atoms with Gasteiger partial charge in [0.2, 0.25) is 0 Å². The van der Waals surface area contributed by atoms with Crippen molar-refractivity contribution >= 4 is 0 Å². The highest BCUT2D eigenvalue weighted by molar-refractivity contribution is 5.31. The predicted molar refractivity (Wildman–Crippen MR) is 83.8 cm³/mol. The topological polar surface area (TPSA) is 21.3 Å². The summed E-state index contributed by atoms with van der Waals surface area (Å²) in [5, 5.41) is 3.62. The number of hydrogen-bond acceptors (Lipinski definition) is 2. The molecule has 1 N–H and O–H groups in total. The Labute approximate surface area is 121 Å². The number of nitrogens with one attached hydrogen (secondary N) is 1. The third kappa shape index (κ3) is 3.92. The summed E-state index contributed by atoms with van der Waals surface area (Å²) in [5.74, 6) is 0. The van der Waals surface area contributed by atoms with Gasteiger partial charge in [-0.25, -0.2) is 0 Å². The Kier molecular flexibility index (Phi) is 4.94. The summed E-state index contributed by atoms with van der Waals surface area (Å²) in [4.78, 5) is 0. The standard InChI is InChI=1S/C18H23NO/c1-18(2,20-3)14-19-17(15-10-6-4-7-11-15)16-12-8-5-9-13-16/h4-13,17,19H,14H2,1-3H3. The Hall–Kier alpha value is -1.64. The van der Waals surface area contributed by atoms with Crippen molar-refractivity contribution in [3.8, 4) is 0 Å². The van der Waals surface area contributed by atoms with Crippen LogP contribution in [0.15, 0.2) is 60.7 Å². The van der Waals surface area contributed by atoms with Crippen molar-refractivity contribution in [2.75, 3.05) is 13.7 Å². The highest BCUT2D eigenvalue weighted by Crippen LogP contribution is 2.22. The van der Waals surface area contributed by atoms with Crippen LogP contribution in [-0.4, -0.2) is 19.3 Å². The van der Waals surface area contributed by atoms with Gasteiger partial charge in [-0.2, -0.15) is 0 Å². The van der Waals surface area contributed by atoms with E-state index in [1.54, 1.807) is 7.11 Å². The molecule has 2 nitrogen and oxygen atoms in total. The van der Waals surface area contributed by atoms with Crippen LogP contribution in [0, 0.1) is 0 Å². The van der Waals surface area contributed by atoms with E-state index in [-0.39, 0.29) is 11.6 Å². The minimum absolute atomic E-state index is 0.179. The molecule has 106 valence electrons. The van der Waals surface area contributed by atoms with E-state index in [1.165, 1.54) is 11.1 Å². The van der Waals surface area contributed by atoms with Crippen LogP contribution >= 0.6 is 0 Å². The first kappa shape index (κ1) is 14.8. The van der Waals surface area contributed by atoms with Crippen LogP contribution in [0.5, 0.6) is 0 Å². The van der Waals surface area contributed by atoms with Gasteiger partial charge in [0.15, 0.2) is 0 Å². The molecule has 2 aromatic carbocycles. The van der Waals surface area contributed by atoms with E-state index in [2.05, 4.69) is 67.7 Å². The summed E-state index contributed by atoms with van der Waals surface area (Å²) in [5.41, 5.74) is 2.36. The second-order valence-corrected chi connectivity index (χ2v) is 5.60. The molecule has 2 rings (SSSR count). The Morgan fingerprint density at radius 2 is 1.35 bits per heavy atom. The van der Waals surface area contributed by atoms with Crippen LogP contribution in [0.3, 0.4) is 0 Å². The zero-order chi connectivity index (χ0) is 14.4. The molecule has 0 atom stereocenters. The Morgan fingerprint density at radius 1 is 0.900 bits per heavy atom. The maximum Gasteiger partial charge on any atom is 0.0746 e. The van der Waals surface area contributed by atoms with Crippen molar-refractivity contribution in [2.45, 2.75) is 25.5 Å². The van der Waals surface area contributed by atoms with Crippen LogP contribution in [-0.2, 0) is 4.74 Å². The molecule has 0 bridgehead atoms. The van der Waals surface area contributed by atoms with Crippen molar-refractivity contribution in [2.24, 2.45) is 0 Å². The Bertz CT molecular complexity index is 468. The Morgan fingerprint density at radius 3 is 1.75 bits per heavy atom. The molecule has 0 saturated carbocycles. The molecule has 2 aromatic rings. The molecule has 2 heteroatoms. The summed E-state index contributed by atoms with van der Waals surface area (Å²) in [6.45, 7) is 4.97. The third-order valence-corrected chi connectivity index (χ3v) is 3.55. The largest absolute Gasteiger partial charge is 0.377 e. The third-order valence-electron chi connectivity index (χ3n) is 3.55. The van der Waals surface area contributed by atoms with Crippen molar-refractivity contribution in [1.29, 1.82) is 0 Å². The summed E-state index contributed by atoms with van der Waals surface area (Å²) in [7, 11) is 1.75. The molecule has 0 unspecified atom stereocenters. The van der Waals surface area contributed by atoms with Gasteiger partial charge in [-0.3, -0.25) is 0 Å². The molecule has 0 saturated heterocycles. The van der Waals surface area contributed by atoms with Crippen LogP contribution in [0.25, 0.3) is 0 Å². The molecule has 0 amide bonds. The quantitative estimate of drug-likeness (QED) is 0.861. The number of methoxy groups -OCH3 is 1. The van der Waals surface area contributed by atoms with Crippen molar-refractivity contribution in [3.05, 3.63) is 71.8 Å². The van der Waals surface area contributed by atoms with Crippen molar-refractivity contribution in [3.63, 3.8) is 0 Å². The minimum atomic E-state index is -0.179. The van der Waals surface area contributed by atoms with E-state index in [0.29, 0.717) is 0 Å². The molecule has 0 aliphatic rings. The van der Waals surface area contributed by atoms with Crippen LogP contribution in [0.2, 0.25) is 0 Å². The predicted octanol–water partition coefficient (Wildman–Crippen LogP) is 3.79. The maximum absolute atomic E-state index is 5.50. The number of benzene rings is 2. The normalized spacial score (nSPS) is 11.8. The highest BCUT2D eigenvalue weighted by Gasteiger charge is 2.20. The van der Waals surface area contributed by atoms with Crippen LogP contribution in [0.1, 0.15) is 31.0 Å². The average Bonchev–Trinajstić information content (AvgIpc) is 2.49. The molecule has 0 aliphatic carbocycles. The first-order chi connectivity index (χ1) is 9.62. The van der Waals surface area contributed by atoms with E-state index in [0.717, 1.165) is 6.54 Å². The molecule has 0 fully saturated rings. The molecular formula is C18H23NO. The van der Waals surface area contributed by atoms with Gasteiger partial charge in [0.25, 0.3) is 0 Å². The van der Waals surface area contributed by atoms with Crippen LogP contribution < -0.4 is 5.32 Å². The number of ether oxygens (including phenoxy) is 1. The van der Waals surface area contributed by atoms with E-state index in [4.69, 9.17) is 4.74 Å². The average molecular weight is 269 g/mol. The van der Waals surface area contributed by atoms with Gasteiger partial charge >= 0.3 is 0 Å². The van der Waals surface area contributed by atoms with Gasteiger partial charge in [-0.05, 0) is 25.0 Å². The van der Waals surface area contributed by atoms with Crippen LogP contribution in [0.4, 0.5) is 0 Å². The van der Waals surface area contributed by atoms with Crippen molar-refractivity contribution in [1.82, 2.24) is 5.32 Å². The van der Waals surface area contributed by atoms with E-state index >= 15 is 0 Å². The van der Waals surface area contributed by atoms with Crippen molar-refractivity contribution < 1.29 is 4.74 Å². The second kappa shape index (κ2) is 6.69. The fourth-order valence-electron chi connectivity index (χ4n) is 2.14. The summed E-state index contributed by atoms with van der Waals surface area (Å²) in [6.07, 6.45) is 0. The molecule has 0 radical (unpaired) electrons. The highest BCUT2D eigenvalue weighted by atomic mass is 16.5. The van der Waals surface area contributed by atoms with E-state index < -0.39 is 0 Å². The zero-order valence-electron chi connectivity index (χ0n) is 12.5. The lowest BCUT2D eigenvalue weighted by molar-refractivity contribution is 0.0219. The molecule has 0 aromatic heterocycles. The first-order valence-corrected chi connectivity index (χ1v) is 7.01. The van der Waals surface area contributed by atoms with E-state index in [9.17, 15) is 0 Å². The summed E-state index contributed by atoms with van der Waals surface area (Å²) < 4.78 is 5.50. The van der Waals surface area contributed by atoms with Gasteiger partial charge in [-0.1, -0.05) is 60.7 Å². The fourth-order valence-corrected chi connectivity index (χ4v) is 2.14. The lowest BCUT2D eigenvalue weighted by atomic mass is 9.97.